The first-order chi connectivity index (χ1) is 12.9. The molecule has 150 valence electrons. The number of nitrogens with zero attached hydrogens (tertiary/aromatic N) is 3. The van der Waals surface area contributed by atoms with Gasteiger partial charge in [-0.3, -0.25) is 10.1 Å². The Hall–Kier alpha value is -2.77. The maximum absolute atomic E-state index is 12.3. The van der Waals surface area contributed by atoms with Gasteiger partial charge in [-0.05, 0) is 38.5 Å². The Bertz CT molecular complexity index is 627. The molecule has 0 aliphatic rings. The van der Waals surface area contributed by atoms with Gasteiger partial charge in [0.05, 0.1) is 20.2 Å². The van der Waals surface area contributed by atoms with Crippen LogP contribution in [0.2, 0.25) is 0 Å². The van der Waals surface area contributed by atoms with Crippen LogP contribution in [0.3, 0.4) is 0 Å². The minimum atomic E-state index is -0.505. The monoisotopic (exact) mass is 377 g/mol. The Balaban J connectivity index is 2.74. The molecule has 0 saturated carbocycles. The molecule has 0 bridgehead atoms. The molecule has 1 rings (SSSR count). The fraction of sp³-hybridized carbons (Fsp3) is 0.526. The van der Waals surface area contributed by atoms with Crippen molar-refractivity contribution >= 4 is 23.6 Å². The SMILES string of the molecule is CCNC(=NCc1ccc(NC(=O)OC)cc1)N(C)CC(=O)N(CC)CC. The van der Waals surface area contributed by atoms with Gasteiger partial charge in [0.15, 0.2) is 5.96 Å². The van der Waals surface area contributed by atoms with Gasteiger partial charge in [-0.1, -0.05) is 12.1 Å². The molecule has 0 spiro atoms. The minimum Gasteiger partial charge on any atom is -0.453 e. The molecule has 8 nitrogen and oxygen atoms in total. The minimum absolute atomic E-state index is 0.0753. The highest BCUT2D eigenvalue weighted by Crippen LogP contribution is 2.11. The standard InChI is InChI=1S/C19H31N5O3/c1-6-20-18(23(4)14-17(25)24(7-2)8-3)21-13-15-9-11-16(12-10-15)22-19(26)27-5/h9-12H,6-8,13-14H2,1-5H3,(H,20,21)(H,22,26). The number of likely N-dealkylation sites (N-methyl/N-ethyl adjacent to an activating group) is 2. The maximum Gasteiger partial charge on any atom is 0.411 e. The summed E-state index contributed by atoms with van der Waals surface area (Å²) < 4.78 is 4.56. The van der Waals surface area contributed by atoms with Crippen molar-refractivity contribution in [3.05, 3.63) is 29.8 Å². The molecule has 0 aliphatic heterocycles. The Labute approximate surface area is 161 Å². The summed E-state index contributed by atoms with van der Waals surface area (Å²) in [6, 6.07) is 7.36. The Morgan fingerprint density at radius 1 is 1.11 bits per heavy atom. The highest BCUT2D eigenvalue weighted by molar-refractivity contribution is 5.86. The van der Waals surface area contributed by atoms with Crippen molar-refractivity contribution in [1.82, 2.24) is 15.1 Å². The van der Waals surface area contributed by atoms with Gasteiger partial charge in [0.2, 0.25) is 5.91 Å². The lowest BCUT2D eigenvalue weighted by atomic mass is 10.2. The summed E-state index contributed by atoms with van der Waals surface area (Å²) in [5.74, 6) is 0.751. The van der Waals surface area contributed by atoms with E-state index in [0.717, 1.165) is 5.56 Å². The molecule has 1 aromatic carbocycles. The van der Waals surface area contributed by atoms with Crippen LogP contribution < -0.4 is 10.6 Å². The van der Waals surface area contributed by atoms with Gasteiger partial charge < -0.3 is 19.9 Å². The molecule has 0 unspecified atom stereocenters. The molecule has 1 aromatic rings. The predicted molar refractivity (Wildman–Crippen MR) is 108 cm³/mol. The van der Waals surface area contributed by atoms with E-state index < -0.39 is 6.09 Å². The van der Waals surface area contributed by atoms with Crippen molar-refractivity contribution < 1.29 is 14.3 Å². The molecule has 0 atom stereocenters. The van der Waals surface area contributed by atoms with Crippen LogP contribution in [0.4, 0.5) is 10.5 Å². The fourth-order valence-corrected chi connectivity index (χ4v) is 2.45. The van der Waals surface area contributed by atoms with Gasteiger partial charge in [-0.15, -0.1) is 0 Å². The van der Waals surface area contributed by atoms with Crippen molar-refractivity contribution in [3.8, 4) is 0 Å². The van der Waals surface area contributed by atoms with Gasteiger partial charge in [-0.2, -0.15) is 0 Å². The molecular weight excluding hydrogens is 346 g/mol. The average Bonchev–Trinajstić information content (AvgIpc) is 2.67. The first kappa shape index (κ1) is 22.3. The van der Waals surface area contributed by atoms with Gasteiger partial charge in [0.1, 0.15) is 0 Å². The molecule has 0 fully saturated rings. The normalized spacial score (nSPS) is 10.9. The number of amides is 2. The van der Waals surface area contributed by atoms with Crippen LogP contribution in [0.25, 0.3) is 0 Å². The zero-order valence-electron chi connectivity index (χ0n) is 16.9. The summed E-state index contributed by atoms with van der Waals surface area (Å²) in [5, 5.41) is 5.82. The third-order valence-corrected chi connectivity index (χ3v) is 3.98. The summed E-state index contributed by atoms with van der Waals surface area (Å²) in [5.41, 5.74) is 1.65. The van der Waals surface area contributed by atoms with Crippen LogP contribution in [0, 0.1) is 0 Å². The van der Waals surface area contributed by atoms with Crippen molar-refractivity contribution in [2.24, 2.45) is 4.99 Å². The number of guanidine groups is 1. The lowest BCUT2D eigenvalue weighted by molar-refractivity contribution is -0.131. The van der Waals surface area contributed by atoms with Crippen LogP contribution in [-0.2, 0) is 16.1 Å². The van der Waals surface area contributed by atoms with Crippen LogP contribution in [0.5, 0.6) is 0 Å². The van der Waals surface area contributed by atoms with Crippen LogP contribution in [0.1, 0.15) is 26.3 Å². The Morgan fingerprint density at radius 3 is 2.26 bits per heavy atom. The number of carbonyl (C=O) groups is 2. The summed E-state index contributed by atoms with van der Waals surface area (Å²) >= 11 is 0. The second-order valence-corrected chi connectivity index (χ2v) is 5.91. The number of ether oxygens (including phenoxy) is 1. The van der Waals surface area contributed by atoms with Crippen molar-refractivity contribution in [3.63, 3.8) is 0 Å². The van der Waals surface area contributed by atoms with E-state index in [1.165, 1.54) is 7.11 Å². The van der Waals surface area contributed by atoms with E-state index in [-0.39, 0.29) is 12.5 Å². The highest BCUT2D eigenvalue weighted by Gasteiger charge is 2.14. The van der Waals surface area contributed by atoms with Gasteiger partial charge in [0, 0.05) is 32.4 Å². The molecule has 0 aromatic heterocycles. The number of methoxy groups -OCH3 is 1. The first-order valence-electron chi connectivity index (χ1n) is 9.16. The predicted octanol–water partition coefficient (Wildman–Crippen LogP) is 2.13. The zero-order valence-corrected chi connectivity index (χ0v) is 16.9. The van der Waals surface area contributed by atoms with E-state index in [2.05, 4.69) is 20.4 Å². The number of hydrogen-bond donors (Lipinski definition) is 2. The number of hydrogen-bond acceptors (Lipinski definition) is 4. The average molecular weight is 377 g/mol. The van der Waals surface area contributed by atoms with Gasteiger partial charge in [-0.25, -0.2) is 9.79 Å². The number of rotatable bonds is 8. The maximum atomic E-state index is 12.3. The lowest BCUT2D eigenvalue weighted by Crippen LogP contribution is -2.45. The number of aliphatic imine (C=N–C) groups is 1. The van der Waals surface area contributed by atoms with E-state index in [1.54, 1.807) is 17.0 Å². The Kier molecular flexibility index (Phi) is 9.71. The smallest absolute Gasteiger partial charge is 0.411 e. The van der Waals surface area contributed by atoms with E-state index >= 15 is 0 Å². The molecular formula is C19H31N5O3. The molecule has 0 heterocycles. The molecule has 0 radical (unpaired) electrons. The zero-order chi connectivity index (χ0) is 20.2. The molecule has 8 heteroatoms. The fourth-order valence-electron chi connectivity index (χ4n) is 2.45. The van der Waals surface area contributed by atoms with E-state index in [0.29, 0.717) is 37.8 Å². The third kappa shape index (κ3) is 7.55. The van der Waals surface area contributed by atoms with Crippen molar-refractivity contribution in [2.75, 3.05) is 45.7 Å². The largest absolute Gasteiger partial charge is 0.453 e. The van der Waals surface area contributed by atoms with E-state index in [4.69, 9.17) is 0 Å². The number of anilines is 1. The van der Waals surface area contributed by atoms with Crippen LogP contribution in [0.15, 0.2) is 29.3 Å². The van der Waals surface area contributed by atoms with E-state index in [1.807, 2.05) is 44.9 Å². The summed E-state index contributed by atoms with van der Waals surface area (Å²) in [6.45, 7) is 8.78. The first-order valence-corrected chi connectivity index (χ1v) is 9.16. The highest BCUT2D eigenvalue weighted by atomic mass is 16.5. The van der Waals surface area contributed by atoms with E-state index in [9.17, 15) is 9.59 Å². The van der Waals surface area contributed by atoms with Crippen LogP contribution >= 0.6 is 0 Å². The topological polar surface area (TPSA) is 86.3 Å². The number of benzene rings is 1. The summed E-state index contributed by atoms with van der Waals surface area (Å²) in [4.78, 5) is 31.7. The molecule has 2 N–H and O–H groups in total. The van der Waals surface area contributed by atoms with Crippen LogP contribution in [-0.4, -0.2) is 68.1 Å². The van der Waals surface area contributed by atoms with Gasteiger partial charge in [0.25, 0.3) is 0 Å². The van der Waals surface area contributed by atoms with Gasteiger partial charge >= 0.3 is 6.09 Å². The second-order valence-electron chi connectivity index (χ2n) is 5.91. The van der Waals surface area contributed by atoms with Crippen molar-refractivity contribution in [2.45, 2.75) is 27.3 Å². The molecule has 2 amide bonds. The Morgan fingerprint density at radius 2 is 1.74 bits per heavy atom. The lowest BCUT2D eigenvalue weighted by Gasteiger charge is -2.25. The molecule has 0 aliphatic carbocycles. The summed E-state index contributed by atoms with van der Waals surface area (Å²) in [6.07, 6.45) is -0.505. The quantitative estimate of drug-likeness (QED) is 0.535. The second kappa shape index (κ2) is 11.8. The molecule has 27 heavy (non-hydrogen) atoms. The third-order valence-electron chi connectivity index (χ3n) is 3.98. The summed E-state index contributed by atoms with van der Waals surface area (Å²) in [7, 11) is 3.18. The molecule has 0 saturated heterocycles. The number of nitrogens with one attached hydrogen (secondary N) is 2. The number of carbonyl (C=O) groups excluding carboxylic acids is 2. The van der Waals surface area contributed by atoms with Crippen molar-refractivity contribution in [1.29, 1.82) is 0 Å².